The number of halogens is 4. The fourth-order valence-electron chi connectivity index (χ4n) is 4.47. The van der Waals surface area contributed by atoms with Crippen LogP contribution in [0.4, 0.5) is 28.9 Å². The first kappa shape index (κ1) is 24.5. The molecule has 0 aliphatic carbocycles. The Balaban J connectivity index is 1.51. The van der Waals surface area contributed by atoms with Crippen molar-refractivity contribution in [3.8, 4) is 0 Å². The summed E-state index contributed by atoms with van der Waals surface area (Å²) in [6.45, 7) is 2.57. The van der Waals surface area contributed by atoms with Crippen LogP contribution in [0.3, 0.4) is 0 Å². The maximum atomic E-state index is 14.4. The number of nitrogens with zero attached hydrogens (tertiary/aromatic N) is 3. The van der Waals surface area contributed by atoms with Gasteiger partial charge in [0.05, 0.1) is 21.7 Å². The molecule has 0 saturated carbocycles. The summed E-state index contributed by atoms with van der Waals surface area (Å²) < 4.78 is 74.0. The van der Waals surface area contributed by atoms with Crippen LogP contribution in [0.2, 0.25) is 0 Å². The van der Waals surface area contributed by atoms with E-state index in [9.17, 15) is 31.1 Å². The molecule has 34 heavy (non-hydrogen) atoms. The van der Waals surface area contributed by atoms with Gasteiger partial charge in [0.1, 0.15) is 5.82 Å². The van der Waals surface area contributed by atoms with Crippen LogP contribution in [0.5, 0.6) is 0 Å². The zero-order valence-electron chi connectivity index (χ0n) is 18.4. The first-order chi connectivity index (χ1) is 16.1. The molecule has 1 unspecified atom stereocenters. The third-order valence-electron chi connectivity index (χ3n) is 6.28. The van der Waals surface area contributed by atoms with Gasteiger partial charge in [-0.25, -0.2) is 8.60 Å². The number of rotatable bonds is 4. The standard InChI is InChI=1S/C23H25F4N3O3S/c24-19-14-16(23(25,26)27)4-6-21(19)29-10-12-30(13-11-29)22(31)18-15-17(34(32)33)5-7-20(18)28-8-2-1-3-9-28/h4-7,14-15H,1-3,8-13H2,(H,32,33). The molecule has 0 bridgehead atoms. The number of alkyl halides is 3. The van der Waals surface area contributed by atoms with Crippen molar-refractivity contribution in [2.75, 3.05) is 49.1 Å². The molecule has 1 N–H and O–H groups in total. The number of hydrogen-bond donors (Lipinski definition) is 1. The van der Waals surface area contributed by atoms with Gasteiger partial charge in [-0.3, -0.25) is 4.79 Å². The van der Waals surface area contributed by atoms with E-state index in [4.69, 9.17) is 0 Å². The molecular formula is C23H25F4N3O3S. The molecule has 2 aromatic rings. The van der Waals surface area contributed by atoms with Crippen LogP contribution in [-0.4, -0.2) is 58.8 Å². The van der Waals surface area contributed by atoms with Crippen molar-refractivity contribution in [3.05, 3.63) is 53.3 Å². The lowest BCUT2D eigenvalue weighted by Crippen LogP contribution is -2.49. The molecule has 0 radical (unpaired) electrons. The van der Waals surface area contributed by atoms with Crippen molar-refractivity contribution >= 4 is 28.4 Å². The third kappa shape index (κ3) is 5.20. The topological polar surface area (TPSA) is 64.1 Å². The van der Waals surface area contributed by atoms with Crippen molar-refractivity contribution in [1.29, 1.82) is 0 Å². The first-order valence-electron chi connectivity index (χ1n) is 11.1. The minimum atomic E-state index is -4.62. The van der Waals surface area contributed by atoms with Gasteiger partial charge in [0, 0.05) is 45.0 Å². The van der Waals surface area contributed by atoms with Crippen molar-refractivity contribution in [3.63, 3.8) is 0 Å². The average molecular weight is 500 g/mol. The Labute approximate surface area is 197 Å². The smallest absolute Gasteiger partial charge is 0.371 e. The SMILES string of the molecule is O=C(c1cc(S(=O)O)ccc1N1CCCCC1)N1CCN(c2ccc(C(F)(F)F)cc2F)CC1. The van der Waals surface area contributed by atoms with Gasteiger partial charge in [0.25, 0.3) is 5.91 Å². The highest BCUT2D eigenvalue weighted by atomic mass is 32.2. The lowest BCUT2D eigenvalue weighted by atomic mass is 10.1. The van der Waals surface area contributed by atoms with E-state index >= 15 is 0 Å². The summed E-state index contributed by atoms with van der Waals surface area (Å²) in [6.07, 6.45) is -1.51. The quantitative estimate of drug-likeness (QED) is 0.500. The summed E-state index contributed by atoms with van der Waals surface area (Å²) in [6, 6.07) is 7.14. The molecule has 6 nitrogen and oxygen atoms in total. The maximum absolute atomic E-state index is 14.4. The van der Waals surface area contributed by atoms with Gasteiger partial charge in [-0.05, 0) is 55.7 Å². The van der Waals surface area contributed by atoms with Crippen LogP contribution in [0.25, 0.3) is 0 Å². The molecular weight excluding hydrogens is 474 g/mol. The van der Waals surface area contributed by atoms with Crippen molar-refractivity contribution in [2.45, 2.75) is 30.3 Å². The average Bonchev–Trinajstić information content (AvgIpc) is 2.83. The van der Waals surface area contributed by atoms with E-state index in [-0.39, 0.29) is 42.7 Å². The second-order valence-electron chi connectivity index (χ2n) is 8.42. The second kappa shape index (κ2) is 9.91. The zero-order valence-corrected chi connectivity index (χ0v) is 19.2. The molecule has 4 rings (SSSR count). The molecule has 2 saturated heterocycles. The van der Waals surface area contributed by atoms with Crippen LogP contribution in [-0.2, 0) is 17.3 Å². The lowest BCUT2D eigenvalue weighted by molar-refractivity contribution is -0.137. The Bertz CT molecular complexity index is 1080. The van der Waals surface area contributed by atoms with Crippen molar-refractivity contribution in [2.24, 2.45) is 0 Å². The van der Waals surface area contributed by atoms with E-state index in [0.717, 1.165) is 50.2 Å². The molecule has 1 amide bonds. The molecule has 11 heteroatoms. The van der Waals surface area contributed by atoms with Gasteiger partial charge < -0.3 is 19.3 Å². The summed E-state index contributed by atoms with van der Waals surface area (Å²) in [5.74, 6) is -1.25. The minimum absolute atomic E-state index is 0.0618. The monoisotopic (exact) mass is 499 g/mol. The lowest BCUT2D eigenvalue weighted by Gasteiger charge is -2.37. The number of amides is 1. The van der Waals surface area contributed by atoms with Gasteiger partial charge >= 0.3 is 6.18 Å². The maximum Gasteiger partial charge on any atom is 0.416 e. The van der Waals surface area contributed by atoms with E-state index < -0.39 is 28.6 Å². The number of carbonyl (C=O) groups is 1. The molecule has 1 atom stereocenters. The van der Waals surface area contributed by atoms with E-state index in [1.165, 1.54) is 6.07 Å². The normalized spacial score (nSPS) is 18.2. The molecule has 2 aliphatic heterocycles. The fourth-order valence-corrected chi connectivity index (χ4v) is 4.87. The Morgan fingerprint density at radius 3 is 2.06 bits per heavy atom. The Hall–Kier alpha value is -2.66. The molecule has 0 spiro atoms. The molecule has 2 aromatic carbocycles. The predicted octanol–water partition coefficient (Wildman–Crippen LogP) is 4.38. The van der Waals surface area contributed by atoms with Gasteiger partial charge in [0.15, 0.2) is 11.1 Å². The summed E-state index contributed by atoms with van der Waals surface area (Å²) in [4.78, 5) is 18.8. The summed E-state index contributed by atoms with van der Waals surface area (Å²) in [5, 5.41) is 0. The van der Waals surface area contributed by atoms with E-state index in [2.05, 4.69) is 4.90 Å². The number of hydrogen-bond acceptors (Lipinski definition) is 4. The highest BCUT2D eigenvalue weighted by molar-refractivity contribution is 7.79. The van der Waals surface area contributed by atoms with Gasteiger partial charge in [-0.2, -0.15) is 13.2 Å². The molecule has 2 heterocycles. The summed E-state index contributed by atoms with van der Waals surface area (Å²) in [7, 11) is 0. The number of piperidine rings is 1. The van der Waals surface area contributed by atoms with Crippen molar-refractivity contribution in [1.82, 2.24) is 4.90 Å². The molecule has 184 valence electrons. The van der Waals surface area contributed by atoms with Gasteiger partial charge in [-0.15, -0.1) is 0 Å². The second-order valence-corrected chi connectivity index (χ2v) is 9.39. The molecule has 2 fully saturated rings. The van der Waals surface area contributed by atoms with Crippen LogP contribution < -0.4 is 9.80 Å². The number of carbonyl (C=O) groups excluding carboxylic acids is 1. The summed E-state index contributed by atoms with van der Waals surface area (Å²) in [5.41, 5.74) is 0.0758. The fraction of sp³-hybridized carbons (Fsp3) is 0.435. The third-order valence-corrected chi connectivity index (χ3v) is 6.94. The van der Waals surface area contributed by atoms with E-state index in [1.807, 2.05) is 0 Å². The van der Waals surface area contributed by atoms with Gasteiger partial charge in [-0.1, -0.05) is 0 Å². The van der Waals surface area contributed by atoms with E-state index in [0.29, 0.717) is 11.6 Å². The Morgan fingerprint density at radius 1 is 0.853 bits per heavy atom. The number of anilines is 2. The number of benzene rings is 2. The molecule has 0 aromatic heterocycles. The van der Waals surface area contributed by atoms with Crippen molar-refractivity contribution < 1.29 is 31.1 Å². The summed E-state index contributed by atoms with van der Waals surface area (Å²) >= 11 is -2.23. The minimum Gasteiger partial charge on any atom is -0.371 e. The van der Waals surface area contributed by atoms with Gasteiger partial charge in [0.2, 0.25) is 0 Å². The predicted molar refractivity (Wildman–Crippen MR) is 121 cm³/mol. The van der Waals surface area contributed by atoms with Crippen LogP contribution in [0, 0.1) is 5.82 Å². The largest absolute Gasteiger partial charge is 0.416 e. The zero-order chi connectivity index (χ0) is 24.5. The molecule has 2 aliphatic rings. The van der Waals surface area contributed by atoms with Crippen LogP contribution in [0.1, 0.15) is 35.2 Å². The Morgan fingerprint density at radius 2 is 1.47 bits per heavy atom. The highest BCUT2D eigenvalue weighted by Crippen LogP contribution is 2.33. The van der Waals surface area contributed by atoms with Crippen LogP contribution in [0.15, 0.2) is 41.3 Å². The van der Waals surface area contributed by atoms with E-state index in [1.54, 1.807) is 21.9 Å². The Kier molecular flexibility index (Phi) is 7.13. The highest BCUT2D eigenvalue weighted by Gasteiger charge is 2.32. The first-order valence-corrected chi connectivity index (χ1v) is 12.2. The number of piperazine rings is 1. The van der Waals surface area contributed by atoms with Crippen LogP contribution >= 0.6 is 0 Å².